The summed E-state index contributed by atoms with van der Waals surface area (Å²) in [5, 5.41) is 10.8. The van der Waals surface area contributed by atoms with Crippen molar-refractivity contribution in [1.82, 2.24) is 10.3 Å². The molecule has 0 aliphatic rings. The highest BCUT2D eigenvalue weighted by molar-refractivity contribution is 9.10. The van der Waals surface area contributed by atoms with Crippen LogP contribution in [0.5, 0.6) is 5.75 Å². The van der Waals surface area contributed by atoms with Crippen LogP contribution in [0.4, 0.5) is 10.8 Å². The van der Waals surface area contributed by atoms with Crippen LogP contribution in [0.25, 0.3) is 17.3 Å². The number of anilines is 2. The highest BCUT2D eigenvalue weighted by atomic mass is 79.9. The number of aromatic nitrogens is 1. The molecule has 1 heterocycles. The molecular weight excluding hydrogens is 672 g/mol. The van der Waals surface area contributed by atoms with Gasteiger partial charge in [-0.2, -0.15) is 0 Å². The van der Waals surface area contributed by atoms with Crippen molar-refractivity contribution in [2.75, 3.05) is 23.5 Å². The van der Waals surface area contributed by atoms with Gasteiger partial charge in [-0.3, -0.25) is 14.4 Å². The smallest absolute Gasteiger partial charge is 0.272 e. The molecule has 4 aromatic carbocycles. The number of hydrogen-bond acceptors (Lipinski definition) is 7. The summed E-state index contributed by atoms with van der Waals surface area (Å²) >= 11 is 6.14. The largest absolute Gasteiger partial charge is 0.496 e. The van der Waals surface area contributed by atoms with Gasteiger partial charge in [-0.1, -0.05) is 58.4 Å². The second-order valence-electron chi connectivity index (χ2n) is 9.49. The van der Waals surface area contributed by atoms with E-state index in [0.29, 0.717) is 22.1 Å². The Kier molecular flexibility index (Phi) is 10.8. The molecule has 45 heavy (non-hydrogen) atoms. The first kappa shape index (κ1) is 31.7. The minimum absolute atomic E-state index is 0.0909. The van der Waals surface area contributed by atoms with Crippen molar-refractivity contribution in [2.24, 2.45) is 0 Å². The van der Waals surface area contributed by atoms with E-state index in [1.807, 2.05) is 72.1 Å². The van der Waals surface area contributed by atoms with Crippen LogP contribution in [0, 0.1) is 0 Å². The van der Waals surface area contributed by atoms with Crippen LogP contribution >= 0.6 is 39.0 Å². The van der Waals surface area contributed by atoms with Gasteiger partial charge < -0.3 is 20.7 Å². The first-order valence-electron chi connectivity index (χ1n) is 13.6. The van der Waals surface area contributed by atoms with Gasteiger partial charge in [-0.25, -0.2) is 4.98 Å². The molecule has 226 valence electrons. The number of nitrogens with one attached hydrogen (secondary N) is 3. The molecule has 1 aromatic heterocycles. The zero-order chi connectivity index (χ0) is 31.6. The van der Waals surface area contributed by atoms with Gasteiger partial charge in [-0.15, -0.1) is 23.1 Å². The molecule has 3 amide bonds. The van der Waals surface area contributed by atoms with E-state index in [1.165, 1.54) is 23.1 Å². The van der Waals surface area contributed by atoms with E-state index in [0.717, 1.165) is 26.2 Å². The number of para-hydroxylation sites is 1. The number of thioether (sulfide) groups is 1. The van der Waals surface area contributed by atoms with Crippen molar-refractivity contribution in [2.45, 2.75) is 4.90 Å². The number of thiazole rings is 1. The Labute approximate surface area is 277 Å². The molecule has 0 bridgehead atoms. The molecule has 0 aliphatic heterocycles. The molecule has 3 N–H and O–H groups in total. The minimum atomic E-state index is -0.477. The van der Waals surface area contributed by atoms with Crippen LogP contribution in [-0.2, 0) is 9.59 Å². The lowest BCUT2D eigenvalue weighted by atomic mass is 10.1. The summed E-state index contributed by atoms with van der Waals surface area (Å²) in [4.78, 5) is 44.1. The number of hydrogen-bond donors (Lipinski definition) is 3. The van der Waals surface area contributed by atoms with Crippen molar-refractivity contribution in [3.05, 3.63) is 130 Å². The summed E-state index contributed by atoms with van der Waals surface area (Å²) in [5.41, 5.74) is 3.38. The number of carbonyl (C=O) groups is 3. The van der Waals surface area contributed by atoms with Gasteiger partial charge in [0.05, 0.1) is 18.6 Å². The first-order valence-corrected chi connectivity index (χ1v) is 16.3. The second-order valence-corrected chi connectivity index (χ2v) is 12.3. The van der Waals surface area contributed by atoms with Gasteiger partial charge in [0.15, 0.2) is 5.13 Å². The van der Waals surface area contributed by atoms with Crippen molar-refractivity contribution >= 4 is 73.6 Å². The van der Waals surface area contributed by atoms with Gasteiger partial charge in [0.2, 0.25) is 5.91 Å². The van der Waals surface area contributed by atoms with Crippen LogP contribution < -0.4 is 20.7 Å². The van der Waals surface area contributed by atoms with Crippen LogP contribution in [-0.4, -0.2) is 35.6 Å². The number of methoxy groups -OCH3 is 1. The maximum atomic E-state index is 13.3. The predicted molar refractivity (Wildman–Crippen MR) is 185 cm³/mol. The van der Waals surface area contributed by atoms with E-state index >= 15 is 0 Å². The van der Waals surface area contributed by atoms with E-state index in [2.05, 4.69) is 36.9 Å². The Morgan fingerprint density at radius 3 is 2.42 bits per heavy atom. The average Bonchev–Trinajstić information content (AvgIpc) is 3.52. The molecule has 0 fully saturated rings. The Morgan fingerprint density at radius 2 is 1.67 bits per heavy atom. The normalized spacial score (nSPS) is 11.0. The number of benzene rings is 4. The lowest BCUT2D eigenvalue weighted by molar-refractivity contribution is -0.114. The van der Waals surface area contributed by atoms with Crippen molar-refractivity contribution in [3.8, 4) is 17.0 Å². The fourth-order valence-electron chi connectivity index (χ4n) is 4.15. The maximum Gasteiger partial charge on any atom is 0.272 e. The summed E-state index contributed by atoms with van der Waals surface area (Å²) < 4.78 is 6.25. The number of ether oxygens (including phenoxy) is 1. The lowest BCUT2D eigenvalue weighted by Crippen LogP contribution is -2.30. The topological polar surface area (TPSA) is 109 Å². The number of amides is 3. The molecular formula is C34H27BrN4O4S2. The Morgan fingerprint density at radius 1 is 0.911 bits per heavy atom. The average molecular weight is 700 g/mol. The van der Waals surface area contributed by atoms with Crippen molar-refractivity contribution < 1.29 is 19.1 Å². The van der Waals surface area contributed by atoms with Gasteiger partial charge >= 0.3 is 0 Å². The van der Waals surface area contributed by atoms with Gasteiger partial charge in [-0.05, 0) is 72.3 Å². The molecule has 0 aliphatic carbocycles. The Hall–Kier alpha value is -4.71. The lowest BCUT2D eigenvalue weighted by Gasteiger charge is -2.12. The molecule has 0 unspecified atom stereocenters. The standard InChI is InChI=1S/C34H27BrN4O4S2/c1-43-30-13-6-5-12-27(30)29-20-45-34(38-29)39-31(40)21-44-26-16-14-25(15-17-26)36-33(42)28(19-22-8-7-11-24(35)18-22)37-32(41)23-9-3-2-4-10-23/h2-20H,21H2,1H3,(H,36,42)(H,37,41)(H,38,39,40)/b28-19-. The fourth-order valence-corrected chi connectivity index (χ4v) is 6.00. The molecule has 5 rings (SSSR count). The summed E-state index contributed by atoms with van der Waals surface area (Å²) in [5.74, 6) is -0.166. The molecule has 5 aromatic rings. The number of halogens is 1. The van der Waals surface area contributed by atoms with Gasteiger partial charge in [0.25, 0.3) is 11.8 Å². The van der Waals surface area contributed by atoms with Crippen molar-refractivity contribution in [3.63, 3.8) is 0 Å². The van der Waals surface area contributed by atoms with Crippen LogP contribution in [0.3, 0.4) is 0 Å². The number of nitrogens with zero attached hydrogens (tertiary/aromatic N) is 1. The predicted octanol–water partition coefficient (Wildman–Crippen LogP) is 7.72. The summed E-state index contributed by atoms with van der Waals surface area (Å²) in [6.45, 7) is 0. The van der Waals surface area contributed by atoms with E-state index in [9.17, 15) is 14.4 Å². The highest BCUT2D eigenvalue weighted by Gasteiger charge is 2.16. The highest BCUT2D eigenvalue weighted by Crippen LogP contribution is 2.32. The first-order chi connectivity index (χ1) is 21.9. The molecule has 0 atom stereocenters. The fraction of sp³-hybridized carbons (Fsp3) is 0.0588. The molecule has 0 saturated heterocycles. The second kappa shape index (κ2) is 15.3. The van der Waals surface area contributed by atoms with E-state index in [1.54, 1.807) is 49.6 Å². The zero-order valence-corrected chi connectivity index (χ0v) is 27.2. The van der Waals surface area contributed by atoms with Crippen LogP contribution in [0.1, 0.15) is 15.9 Å². The van der Waals surface area contributed by atoms with E-state index in [4.69, 9.17) is 4.74 Å². The van der Waals surface area contributed by atoms with Gasteiger partial charge in [0, 0.05) is 31.6 Å². The van der Waals surface area contributed by atoms with Crippen molar-refractivity contribution in [1.29, 1.82) is 0 Å². The third-order valence-corrected chi connectivity index (χ3v) is 8.57. The number of rotatable bonds is 11. The Balaban J connectivity index is 1.19. The zero-order valence-electron chi connectivity index (χ0n) is 24.0. The Bertz CT molecular complexity index is 1840. The summed E-state index contributed by atoms with van der Waals surface area (Å²) in [6.07, 6.45) is 1.62. The minimum Gasteiger partial charge on any atom is -0.496 e. The molecule has 11 heteroatoms. The van der Waals surface area contributed by atoms with Gasteiger partial charge in [0.1, 0.15) is 11.4 Å². The maximum absolute atomic E-state index is 13.3. The molecule has 0 saturated carbocycles. The number of carbonyl (C=O) groups excluding carboxylic acids is 3. The third-order valence-electron chi connectivity index (χ3n) is 6.30. The summed E-state index contributed by atoms with van der Waals surface area (Å²) in [7, 11) is 1.61. The molecule has 0 spiro atoms. The van der Waals surface area contributed by atoms with E-state index < -0.39 is 11.8 Å². The van der Waals surface area contributed by atoms with Crippen LogP contribution in [0.15, 0.2) is 124 Å². The SMILES string of the molecule is COc1ccccc1-c1csc(NC(=O)CSc2ccc(NC(=O)/C(=C/c3cccc(Br)c3)NC(=O)c3ccccc3)cc2)n1. The monoisotopic (exact) mass is 698 g/mol. The summed E-state index contributed by atoms with van der Waals surface area (Å²) in [6, 6.07) is 30.8. The third kappa shape index (κ3) is 8.91. The van der Waals surface area contributed by atoms with E-state index in [-0.39, 0.29) is 17.4 Å². The molecule has 0 radical (unpaired) electrons. The van der Waals surface area contributed by atoms with Crippen LogP contribution in [0.2, 0.25) is 0 Å². The quantitative estimate of drug-likeness (QED) is 0.0963. The molecule has 8 nitrogen and oxygen atoms in total.